The smallest absolute Gasteiger partial charge is 0.190 e. The van der Waals surface area contributed by atoms with Crippen molar-refractivity contribution in [1.82, 2.24) is 34.9 Å². The Labute approximate surface area is 201 Å². The Kier molecular flexibility index (Phi) is 6.59. The summed E-state index contributed by atoms with van der Waals surface area (Å²) >= 11 is 1.50. The zero-order valence-corrected chi connectivity index (χ0v) is 19.9. The van der Waals surface area contributed by atoms with Gasteiger partial charge in [0.2, 0.25) is 0 Å². The summed E-state index contributed by atoms with van der Waals surface area (Å²) in [6.07, 6.45) is 4.00. The third-order valence-electron chi connectivity index (χ3n) is 5.95. The zero-order chi connectivity index (χ0) is 23.5. The van der Waals surface area contributed by atoms with Crippen molar-refractivity contribution in [1.29, 1.82) is 0 Å². The number of aromatic amines is 1. The highest BCUT2D eigenvalue weighted by molar-refractivity contribution is 7.21. The highest BCUT2D eigenvalue weighted by Gasteiger charge is 2.23. The molecule has 5 heterocycles. The second-order valence-corrected chi connectivity index (χ2v) is 9.17. The van der Waals surface area contributed by atoms with E-state index in [1.807, 2.05) is 31.3 Å². The molecule has 11 heteroatoms. The van der Waals surface area contributed by atoms with Crippen LogP contribution in [0.2, 0.25) is 0 Å². The first-order valence-corrected chi connectivity index (χ1v) is 11.9. The minimum atomic E-state index is -0.457. The lowest BCUT2D eigenvalue weighted by Crippen LogP contribution is -2.51. The van der Waals surface area contributed by atoms with Crippen molar-refractivity contribution in [3.63, 3.8) is 0 Å². The molecule has 0 aliphatic carbocycles. The van der Waals surface area contributed by atoms with Gasteiger partial charge in [-0.05, 0) is 36.8 Å². The van der Waals surface area contributed by atoms with Crippen molar-refractivity contribution >= 4 is 38.9 Å². The number of fused-ring (bicyclic) bond motifs is 1. The predicted molar refractivity (Wildman–Crippen MR) is 131 cm³/mol. The molecule has 1 atom stereocenters. The van der Waals surface area contributed by atoms with Crippen LogP contribution in [0, 0.1) is 6.92 Å². The highest BCUT2D eigenvalue weighted by Crippen LogP contribution is 2.29. The molecule has 0 bridgehead atoms. The van der Waals surface area contributed by atoms with Crippen LogP contribution in [0.3, 0.4) is 0 Å². The number of piperazine rings is 1. The van der Waals surface area contributed by atoms with Crippen LogP contribution in [0.4, 0.5) is 10.9 Å². The number of pyridine rings is 2. The van der Waals surface area contributed by atoms with Crippen LogP contribution in [0.1, 0.15) is 11.3 Å². The number of H-pyrrole nitrogens is 1. The van der Waals surface area contributed by atoms with Crippen LogP contribution in [0.5, 0.6) is 0 Å². The van der Waals surface area contributed by atoms with Crippen LogP contribution in [0.15, 0.2) is 36.7 Å². The monoisotopic (exact) mass is 478 g/mol. The lowest BCUT2D eigenvalue weighted by molar-refractivity contribution is -0.129. The van der Waals surface area contributed by atoms with E-state index < -0.39 is 6.23 Å². The fourth-order valence-electron chi connectivity index (χ4n) is 4.10. The molecule has 0 saturated carbocycles. The molecule has 176 valence electrons. The van der Waals surface area contributed by atoms with Gasteiger partial charge in [0.15, 0.2) is 17.6 Å². The third-order valence-corrected chi connectivity index (χ3v) is 6.83. The number of thiazole rings is 1. The summed E-state index contributed by atoms with van der Waals surface area (Å²) in [5, 5.41) is 11.1. The maximum atomic E-state index is 11.1. The molecule has 10 nitrogen and oxygen atoms in total. The molecule has 1 saturated heterocycles. The SMILES string of the molecule is COC(C=O)N1CCN(Cc2ccnc(Nc3nc4ccc(-c5cn[nH]c5C)nc4s3)c2)CC1. The number of anilines is 2. The summed E-state index contributed by atoms with van der Waals surface area (Å²) in [5.74, 6) is 0.751. The Morgan fingerprint density at radius 3 is 2.82 bits per heavy atom. The molecule has 0 spiro atoms. The number of methoxy groups -OCH3 is 1. The van der Waals surface area contributed by atoms with E-state index in [0.717, 1.165) is 77.3 Å². The number of carbonyl (C=O) groups is 1. The highest BCUT2D eigenvalue weighted by atomic mass is 32.1. The number of nitrogens with one attached hydrogen (secondary N) is 2. The van der Waals surface area contributed by atoms with Gasteiger partial charge < -0.3 is 10.1 Å². The maximum absolute atomic E-state index is 11.1. The molecule has 4 aromatic heterocycles. The molecular formula is C23H26N8O2S. The fraction of sp³-hybridized carbons (Fsp3) is 0.348. The summed E-state index contributed by atoms with van der Waals surface area (Å²) in [6.45, 7) is 6.15. The summed E-state index contributed by atoms with van der Waals surface area (Å²) in [6, 6.07) is 8.02. The molecule has 1 unspecified atom stereocenters. The van der Waals surface area contributed by atoms with Crippen molar-refractivity contribution in [3.05, 3.63) is 47.9 Å². The molecule has 1 aliphatic heterocycles. The van der Waals surface area contributed by atoms with E-state index in [1.54, 1.807) is 13.3 Å². The first-order chi connectivity index (χ1) is 16.6. The van der Waals surface area contributed by atoms with Gasteiger partial charge in [-0.2, -0.15) is 5.10 Å². The summed E-state index contributed by atoms with van der Waals surface area (Å²) in [4.78, 5) is 30.3. The van der Waals surface area contributed by atoms with E-state index in [0.29, 0.717) is 0 Å². The average Bonchev–Trinajstić information content (AvgIpc) is 3.46. The number of hydrogen-bond acceptors (Lipinski definition) is 10. The lowest BCUT2D eigenvalue weighted by atomic mass is 10.2. The van der Waals surface area contributed by atoms with Crippen LogP contribution >= 0.6 is 11.3 Å². The number of hydrogen-bond donors (Lipinski definition) is 2. The topological polar surface area (TPSA) is 112 Å². The Hall–Kier alpha value is -3.25. The van der Waals surface area contributed by atoms with Crippen molar-refractivity contribution in [2.75, 3.05) is 38.6 Å². The van der Waals surface area contributed by atoms with E-state index >= 15 is 0 Å². The molecule has 34 heavy (non-hydrogen) atoms. The largest absolute Gasteiger partial charge is 0.359 e. The van der Waals surface area contributed by atoms with Gasteiger partial charge >= 0.3 is 0 Å². The van der Waals surface area contributed by atoms with E-state index in [2.05, 4.69) is 41.3 Å². The quantitative estimate of drug-likeness (QED) is 0.369. The number of nitrogens with zero attached hydrogens (tertiary/aromatic N) is 6. The van der Waals surface area contributed by atoms with Crippen molar-refractivity contribution in [2.45, 2.75) is 19.7 Å². The average molecular weight is 479 g/mol. The molecule has 1 aliphatic rings. The standard InChI is InChI=1S/C23H26N8O2S/c1-15-17(12-25-29-15)18-3-4-19-22(26-18)34-23(27-19)28-20-11-16(5-6-24-20)13-30-7-9-31(10-8-30)21(14-32)33-2/h3-6,11-12,14,21H,7-10,13H2,1-2H3,(H,25,29)(H,24,27,28). The predicted octanol–water partition coefficient (Wildman–Crippen LogP) is 2.82. The van der Waals surface area contributed by atoms with Gasteiger partial charge in [-0.1, -0.05) is 11.3 Å². The van der Waals surface area contributed by atoms with Gasteiger partial charge in [-0.15, -0.1) is 0 Å². The van der Waals surface area contributed by atoms with Crippen LogP contribution in [-0.4, -0.2) is 80.8 Å². The maximum Gasteiger partial charge on any atom is 0.190 e. The molecule has 0 aromatic carbocycles. The minimum absolute atomic E-state index is 0.457. The minimum Gasteiger partial charge on any atom is -0.359 e. The lowest BCUT2D eigenvalue weighted by Gasteiger charge is -2.36. The van der Waals surface area contributed by atoms with Crippen LogP contribution in [-0.2, 0) is 16.1 Å². The van der Waals surface area contributed by atoms with Crippen molar-refractivity contribution in [2.24, 2.45) is 0 Å². The van der Waals surface area contributed by atoms with Gasteiger partial charge in [0.05, 0.1) is 11.9 Å². The molecular weight excluding hydrogens is 452 g/mol. The number of ether oxygens (including phenoxy) is 1. The number of rotatable bonds is 8. The molecule has 5 rings (SSSR count). The Morgan fingerprint density at radius 1 is 1.24 bits per heavy atom. The van der Waals surface area contributed by atoms with Crippen molar-refractivity contribution in [3.8, 4) is 11.3 Å². The molecule has 4 aromatic rings. The molecule has 1 fully saturated rings. The summed E-state index contributed by atoms with van der Waals surface area (Å²) in [5.41, 5.74) is 4.86. The van der Waals surface area contributed by atoms with Crippen molar-refractivity contribution < 1.29 is 9.53 Å². The molecule has 0 amide bonds. The number of carbonyl (C=O) groups excluding carboxylic acids is 1. The molecule has 0 radical (unpaired) electrons. The Balaban J connectivity index is 1.24. The summed E-state index contributed by atoms with van der Waals surface area (Å²) < 4.78 is 5.23. The number of aryl methyl sites for hydroxylation is 1. The third kappa shape index (κ3) is 4.82. The Bertz CT molecular complexity index is 1280. The summed E-state index contributed by atoms with van der Waals surface area (Å²) in [7, 11) is 1.57. The first kappa shape index (κ1) is 22.5. The van der Waals surface area contributed by atoms with Crippen LogP contribution < -0.4 is 5.32 Å². The zero-order valence-electron chi connectivity index (χ0n) is 19.1. The normalized spacial score (nSPS) is 16.1. The van der Waals surface area contributed by atoms with Gasteiger partial charge in [0, 0.05) is 57.3 Å². The van der Waals surface area contributed by atoms with E-state index in [1.165, 1.54) is 16.9 Å². The van der Waals surface area contributed by atoms with Gasteiger partial charge in [-0.3, -0.25) is 19.7 Å². The first-order valence-electron chi connectivity index (χ1n) is 11.1. The van der Waals surface area contributed by atoms with Gasteiger partial charge in [-0.25, -0.2) is 15.0 Å². The van der Waals surface area contributed by atoms with E-state index in [4.69, 9.17) is 9.72 Å². The second-order valence-electron chi connectivity index (χ2n) is 8.20. The van der Waals surface area contributed by atoms with E-state index in [-0.39, 0.29) is 0 Å². The number of aldehydes is 1. The van der Waals surface area contributed by atoms with Gasteiger partial charge in [0.1, 0.15) is 16.2 Å². The Morgan fingerprint density at radius 2 is 2.09 bits per heavy atom. The molecule has 2 N–H and O–H groups in total. The second kappa shape index (κ2) is 9.94. The fourth-order valence-corrected chi connectivity index (χ4v) is 4.95. The van der Waals surface area contributed by atoms with Crippen LogP contribution in [0.25, 0.3) is 21.6 Å². The van der Waals surface area contributed by atoms with E-state index in [9.17, 15) is 4.79 Å². The number of aromatic nitrogens is 5. The van der Waals surface area contributed by atoms with Gasteiger partial charge in [0.25, 0.3) is 0 Å².